The van der Waals surface area contributed by atoms with Crippen LogP contribution in [0.15, 0.2) is 87.6 Å². The molecule has 0 saturated carbocycles. The number of anilines is 1. The second-order valence-corrected chi connectivity index (χ2v) is 8.82. The van der Waals surface area contributed by atoms with Gasteiger partial charge >= 0.3 is 6.61 Å². The first-order valence-electron chi connectivity index (χ1n) is 10.1. The molecule has 0 fully saturated rings. The van der Waals surface area contributed by atoms with E-state index in [1.54, 1.807) is 42.1 Å². The van der Waals surface area contributed by atoms with Crippen LogP contribution in [0.25, 0.3) is 16.6 Å². The van der Waals surface area contributed by atoms with Crippen molar-refractivity contribution in [3.05, 3.63) is 83.2 Å². The highest BCUT2D eigenvalue weighted by molar-refractivity contribution is 7.99. The molecule has 0 bridgehead atoms. The van der Waals surface area contributed by atoms with Gasteiger partial charge in [0.15, 0.2) is 5.16 Å². The molecule has 0 spiro atoms. The van der Waals surface area contributed by atoms with Crippen molar-refractivity contribution in [2.24, 2.45) is 0 Å². The van der Waals surface area contributed by atoms with Crippen molar-refractivity contribution in [3.63, 3.8) is 0 Å². The minimum atomic E-state index is -2.95. The maximum atomic E-state index is 13.3. The van der Waals surface area contributed by atoms with Gasteiger partial charge in [-0.3, -0.25) is 14.2 Å². The number of thioether (sulfide) groups is 2. The summed E-state index contributed by atoms with van der Waals surface area (Å²) in [5.74, 6) is -0.264. The summed E-state index contributed by atoms with van der Waals surface area (Å²) in [6.07, 6.45) is 1.95. The monoisotopic (exact) mass is 499 g/mol. The van der Waals surface area contributed by atoms with Crippen molar-refractivity contribution in [3.8, 4) is 11.4 Å². The Kier molecular flexibility index (Phi) is 7.49. The lowest BCUT2D eigenvalue weighted by Crippen LogP contribution is -2.23. The molecule has 1 amide bonds. The molecular formula is C24H19F2N3O3S2. The highest BCUT2D eigenvalue weighted by Gasteiger charge is 2.15. The normalized spacial score (nSPS) is 11.1. The average Bonchev–Trinajstić information content (AvgIpc) is 2.83. The van der Waals surface area contributed by atoms with Gasteiger partial charge < -0.3 is 10.1 Å². The van der Waals surface area contributed by atoms with Crippen molar-refractivity contribution < 1.29 is 18.3 Å². The highest BCUT2D eigenvalue weighted by atomic mass is 32.2. The Hall–Kier alpha value is -3.37. The summed E-state index contributed by atoms with van der Waals surface area (Å²) in [5.41, 5.74) is 1.26. The van der Waals surface area contributed by atoms with E-state index in [1.165, 1.54) is 28.8 Å². The van der Waals surface area contributed by atoms with Crippen LogP contribution in [-0.4, -0.2) is 34.1 Å². The number of carbonyl (C=O) groups is 1. The number of hydrogen-bond donors (Lipinski definition) is 1. The molecule has 1 aromatic heterocycles. The molecule has 10 heteroatoms. The summed E-state index contributed by atoms with van der Waals surface area (Å²) >= 11 is 2.68. The second kappa shape index (κ2) is 10.7. The topological polar surface area (TPSA) is 73.2 Å². The van der Waals surface area contributed by atoms with Gasteiger partial charge in [-0.15, -0.1) is 11.8 Å². The molecule has 0 unspecified atom stereocenters. The number of aromatic nitrogens is 2. The number of halogens is 2. The lowest BCUT2D eigenvalue weighted by atomic mass is 10.2. The number of fused-ring (bicyclic) bond motifs is 1. The molecular weight excluding hydrogens is 480 g/mol. The number of alkyl halides is 2. The van der Waals surface area contributed by atoms with Crippen LogP contribution < -0.4 is 15.6 Å². The fourth-order valence-electron chi connectivity index (χ4n) is 3.24. The van der Waals surface area contributed by atoms with Crippen LogP contribution in [0.3, 0.4) is 0 Å². The molecule has 6 nitrogen and oxygen atoms in total. The molecule has 0 saturated heterocycles. The van der Waals surface area contributed by atoms with Gasteiger partial charge in [-0.25, -0.2) is 4.98 Å². The van der Waals surface area contributed by atoms with Crippen molar-refractivity contribution in [1.29, 1.82) is 0 Å². The van der Waals surface area contributed by atoms with E-state index in [1.807, 2.05) is 24.5 Å². The van der Waals surface area contributed by atoms with Crippen molar-refractivity contribution in [2.45, 2.75) is 16.7 Å². The van der Waals surface area contributed by atoms with Crippen LogP contribution in [0, 0.1) is 0 Å². The Balaban J connectivity index is 1.63. The first kappa shape index (κ1) is 23.8. The minimum absolute atomic E-state index is 0.0147. The van der Waals surface area contributed by atoms with E-state index in [0.29, 0.717) is 27.4 Å². The molecule has 3 aromatic carbocycles. The Labute approximate surface area is 202 Å². The summed E-state index contributed by atoms with van der Waals surface area (Å²) in [4.78, 5) is 31.5. The zero-order valence-electron chi connectivity index (χ0n) is 17.9. The first-order chi connectivity index (χ1) is 16.4. The molecule has 0 aliphatic heterocycles. The van der Waals surface area contributed by atoms with Crippen molar-refractivity contribution in [2.75, 3.05) is 17.3 Å². The number of amides is 1. The van der Waals surface area contributed by atoms with Gasteiger partial charge in [-0.05, 0) is 60.9 Å². The van der Waals surface area contributed by atoms with E-state index >= 15 is 0 Å². The second-order valence-electron chi connectivity index (χ2n) is 6.99. The number of para-hydroxylation sites is 1. The summed E-state index contributed by atoms with van der Waals surface area (Å²) < 4.78 is 30.7. The smallest absolute Gasteiger partial charge is 0.387 e. The molecule has 4 aromatic rings. The van der Waals surface area contributed by atoms with Gasteiger partial charge in [0.25, 0.3) is 5.56 Å². The average molecular weight is 500 g/mol. The van der Waals surface area contributed by atoms with Gasteiger partial charge in [0, 0.05) is 10.6 Å². The Morgan fingerprint density at radius 1 is 1.09 bits per heavy atom. The van der Waals surface area contributed by atoms with Gasteiger partial charge in [-0.2, -0.15) is 8.78 Å². The maximum Gasteiger partial charge on any atom is 0.387 e. The zero-order valence-corrected chi connectivity index (χ0v) is 19.5. The van der Waals surface area contributed by atoms with E-state index < -0.39 is 6.61 Å². The Morgan fingerprint density at radius 2 is 1.85 bits per heavy atom. The molecule has 0 aliphatic carbocycles. The number of carbonyl (C=O) groups excluding carboxylic acids is 1. The number of rotatable bonds is 8. The Bertz CT molecular complexity index is 1380. The predicted octanol–water partition coefficient (Wildman–Crippen LogP) is 5.44. The van der Waals surface area contributed by atoms with E-state index in [9.17, 15) is 18.4 Å². The van der Waals surface area contributed by atoms with E-state index in [2.05, 4.69) is 15.0 Å². The fourth-order valence-corrected chi connectivity index (χ4v) is 4.51. The molecule has 1 heterocycles. The van der Waals surface area contributed by atoms with Crippen molar-refractivity contribution in [1.82, 2.24) is 9.55 Å². The molecule has 174 valence electrons. The van der Waals surface area contributed by atoms with Crippen LogP contribution in [-0.2, 0) is 4.79 Å². The summed E-state index contributed by atoms with van der Waals surface area (Å²) in [7, 11) is 0. The minimum Gasteiger partial charge on any atom is -0.435 e. The van der Waals surface area contributed by atoms with Crippen LogP contribution >= 0.6 is 23.5 Å². The summed E-state index contributed by atoms with van der Waals surface area (Å²) in [6, 6.07) is 20.1. The number of nitrogens with zero attached hydrogens (tertiary/aromatic N) is 2. The number of benzene rings is 3. The molecule has 34 heavy (non-hydrogen) atoms. The number of nitrogens with one attached hydrogen (secondary N) is 1. The maximum absolute atomic E-state index is 13.3. The number of hydrogen-bond acceptors (Lipinski definition) is 6. The van der Waals surface area contributed by atoms with Crippen LogP contribution in [0.1, 0.15) is 0 Å². The van der Waals surface area contributed by atoms with E-state index in [0.717, 1.165) is 16.7 Å². The van der Waals surface area contributed by atoms with Crippen LogP contribution in [0.5, 0.6) is 5.75 Å². The first-order valence-corrected chi connectivity index (χ1v) is 12.3. The molecule has 0 radical (unpaired) electrons. The highest BCUT2D eigenvalue weighted by Crippen LogP contribution is 2.24. The zero-order chi connectivity index (χ0) is 24.1. The third-order valence-electron chi connectivity index (χ3n) is 4.75. The van der Waals surface area contributed by atoms with E-state index in [-0.39, 0.29) is 23.0 Å². The lowest BCUT2D eigenvalue weighted by Gasteiger charge is -2.14. The largest absolute Gasteiger partial charge is 0.435 e. The fraction of sp³-hybridized carbons (Fsp3) is 0.125. The van der Waals surface area contributed by atoms with Gasteiger partial charge in [0.05, 0.1) is 22.3 Å². The van der Waals surface area contributed by atoms with Gasteiger partial charge in [0.1, 0.15) is 5.75 Å². The Morgan fingerprint density at radius 3 is 2.59 bits per heavy atom. The lowest BCUT2D eigenvalue weighted by molar-refractivity contribution is -0.113. The quantitative estimate of drug-likeness (QED) is 0.257. The third kappa shape index (κ3) is 5.57. The standard InChI is InChI=1S/C24H19F2N3O3S2/c1-33-18-6-4-5-15(13-18)27-21(30)14-34-24-28-20-8-3-2-7-19(20)22(31)29(24)16-9-11-17(12-10-16)32-23(25)26/h2-13,23H,14H2,1H3,(H,27,30). The van der Waals surface area contributed by atoms with Gasteiger partial charge in [0.2, 0.25) is 5.91 Å². The predicted molar refractivity (Wildman–Crippen MR) is 132 cm³/mol. The summed E-state index contributed by atoms with van der Waals surface area (Å²) in [5, 5.41) is 3.55. The molecule has 4 rings (SSSR count). The number of ether oxygens (including phenoxy) is 1. The van der Waals surface area contributed by atoms with Crippen LogP contribution in [0.2, 0.25) is 0 Å². The molecule has 1 N–H and O–H groups in total. The molecule has 0 aliphatic rings. The van der Waals surface area contributed by atoms with E-state index in [4.69, 9.17) is 0 Å². The van der Waals surface area contributed by atoms with Crippen molar-refractivity contribution >= 4 is 46.0 Å². The third-order valence-corrected chi connectivity index (χ3v) is 6.41. The SMILES string of the molecule is CSc1cccc(NC(=O)CSc2nc3ccccc3c(=O)n2-c2ccc(OC(F)F)cc2)c1. The van der Waals surface area contributed by atoms with Crippen LogP contribution in [0.4, 0.5) is 14.5 Å². The molecule has 0 atom stereocenters. The summed E-state index contributed by atoms with van der Waals surface area (Å²) in [6.45, 7) is -2.95. The van der Waals surface area contributed by atoms with Gasteiger partial charge in [-0.1, -0.05) is 30.0 Å².